The number of hydrogen-bond donors (Lipinski definition) is 2. The third-order valence-electron chi connectivity index (χ3n) is 4.99. The fraction of sp³-hybridized carbons (Fsp3) is 0.261. The maximum absolute atomic E-state index is 12.7. The number of benzene rings is 2. The van der Waals surface area contributed by atoms with Crippen LogP contribution in [0, 0.1) is 0 Å². The van der Waals surface area contributed by atoms with Gasteiger partial charge in [0.1, 0.15) is 0 Å². The summed E-state index contributed by atoms with van der Waals surface area (Å²) in [5, 5.41) is 16.3. The molecule has 1 heterocycles. The van der Waals surface area contributed by atoms with Crippen LogP contribution < -0.4 is 5.32 Å². The number of amides is 1. The smallest absolute Gasteiger partial charge is 0.331 e. The van der Waals surface area contributed by atoms with Crippen LogP contribution in [0.3, 0.4) is 0 Å². The Balaban J connectivity index is 1.72. The highest BCUT2D eigenvalue weighted by Gasteiger charge is 2.30. The van der Waals surface area contributed by atoms with Crippen LogP contribution in [0.5, 0.6) is 0 Å². The molecule has 2 N–H and O–H groups in total. The van der Waals surface area contributed by atoms with E-state index in [9.17, 15) is 14.7 Å². The second-order valence-corrected chi connectivity index (χ2v) is 7.59. The fourth-order valence-corrected chi connectivity index (χ4v) is 3.16. The number of carbonyl (C=O) groups is 2. The lowest BCUT2D eigenvalue weighted by atomic mass is 9.89. The molecule has 2 aromatic carbocycles. The van der Waals surface area contributed by atoms with Gasteiger partial charge >= 0.3 is 5.97 Å². The van der Waals surface area contributed by atoms with Crippen LogP contribution in [0.15, 0.2) is 73.1 Å². The summed E-state index contributed by atoms with van der Waals surface area (Å²) < 4.78 is 1.34. The van der Waals surface area contributed by atoms with Crippen LogP contribution in [0.25, 0.3) is 0 Å². The first-order chi connectivity index (χ1) is 13.9. The Kier molecular flexibility index (Phi) is 6.12. The second-order valence-electron chi connectivity index (χ2n) is 7.59. The van der Waals surface area contributed by atoms with E-state index in [2.05, 4.69) is 22.5 Å². The van der Waals surface area contributed by atoms with E-state index in [1.165, 1.54) is 16.4 Å². The van der Waals surface area contributed by atoms with Crippen molar-refractivity contribution in [3.8, 4) is 0 Å². The summed E-state index contributed by atoms with van der Waals surface area (Å²) in [6.45, 7) is 3.11. The molecule has 0 aliphatic rings. The summed E-state index contributed by atoms with van der Waals surface area (Å²) in [5.74, 6) is -1.10. The molecule has 6 heteroatoms. The zero-order valence-electron chi connectivity index (χ0n) is 16.6. The summed E-state index contributed by atoms with van der Waals surface area (Å²) in [6.07, 6.45) is 4.08. The van der Waals surface area contributed by atoms with E-state index >= 15 is 0 Å². The molecular formula is C23H25N3O3. The standard InChI is InChI=1S/C23H25N3O3/c1-23(2,22(28)29)26-16-20(15-24-26)25-21(27)14-19(18-11-7-4-8-12-18)13-17-9-5-3-6-10-17/h3-12,15-16,19H,13-14H2,1-2H3,(H,25,27)(H,28,29). The number of aromatic nitrogens is 2. The van der Waals surface area contributed by atoms with E-state index in [-0.39, 0.29) is 11.8 Å². The normalized spacial score (nSPS) is 12.3. The molecule has 0 spiro atoms. The molecule has 0 aliphatic carbocycles. The van der Waals surface area contributed by atoms with Crippen molar-refractivity contribution < 1.29 is 14.7 Å². The van der Waals surface area contributed by atoms with Gasteiger partial charge in [-0.2, -0.15) is 5.10 Å². The minimum Gasteiger partial charge on any atom is -0.479 e. The molecule has 6 nitrogen and oxygen atoms in total. The average Bonchev–Trinajstić information content (AvgIpc) is 3.18. The van der Waals surface area contributed by atoms with Crippen molar-refractivity contribution in [3.63, 3.8) is 0 Å². The predicted octanol–water partition coefficient (Wildman–Crippen LogP) is 4.06. The van der Waals surface area contributed by atoms with Gasteiger partial charge in [-0.15, -0.1) is 0 Å². The molecule has 0 saturated carbocycles. The van der Waals surface area contributed by atoms with Gasteiger partial charge in [-0.05, 0) is 37.3 Å². The third kappa shape index (κ3) is 5.10. The van der Waals surface area contributed by atoms with Gasteiger partial charge in [0.15, 0.2) is 5.54 Å². The maximum atomic E-state index is 12.7. The van der Waals surface area contributed by atoms with Crippen molar-refractivity contribution in [1.82, 2.24) is 9.78 Å². The highest BCUT2D eigenvalue weighted by atomic mass is 16.4. The number of anilines is 1. The lowest BCUT2D eigenvalue weighted by Crippen LogP contribution is -2.35. The Morgan fingerprint density at radius 3 is 2.31 bits per heavy atom. The van der Waals surface area contributed by atoms with E-state index in [1.54, 1.807) is 20.0 Å². The zero-order valence-corrected chi connectivity index (χ0v) is 16.6. The Labute approximate surface area is 170 Å². The van der Waals surface area contributed by atoms with E-state index in [0.717, 1.165) is 12.0 Å². The van der Waals surface area contributed by atoms with Gasteiger partial charge in [0.2, 0.25) is 5.91 Å². The van der Waals surface area contributed by atoms with Gasteiger partial charge in [0.05, 0.1) is 11.9 Å². The average molecular weight is 391 g/mol. The van der Waals surface area contributed by atoms with Crippen molar-refractivity contribution in [2.45, 2.75) is 38.1 Å². The molecule has 29 heavy (non-hydrogen) atoms. The van der Waals surface area contributed by atoms with Crippen LogP contribution >= 0.6 is 0 Å². The molecule has 1 atom stereocenters. The molecule has 0 fully saturated rings. The number of carboxylic acid groups (broad SMARTS) is 1. The van der Waals surface area contributed by atoms with Crippen molar-refractivity contribution in [2.75, 3.05) is 5.32 Å². The predicted molar refractivity (Wildman–Crippen MR) is 112 cm³/mol. The van der Waals surface area contributed by atoms with Gasteiger partial charge in [-0.25, -0.2) is 4.79 Å². The van der Waals surface area contributed by atoms with Gasteiger partial charge in [0, 0.05) is 12.6 Å². The van der Waals surface area contributed by atoms with Crippen LogP contribution in [0.4, 0.5) is 5.69 Å². The first-order valence-electron chi connectivity index (χ1n) is 9.53. The summed E-state index contributed by atoms with van der Waals surface area (Å²) in [5.41, 5.74) is 1.57. The molecule has 3 rings (SSSR count). The minimum atomic E-state index is -1.19. The molecule has 0 radical (unpaired) electrons. The summed E-state index contributed by atoms with van der Waals surface area (Å²) in [6, 6.07) is 20.1. The largest absolute Gasteiger partial charge is 0.479 e. The Morgan fingerprint density at radius 2 is 1.69 bits per heavy atom. The molecule has 0 bridgehead atoms. The van der Waals surface area contributed by atoms with Gasteiger partial charge in [-0.3, -0.25) is 9.48 Å². The minimum absolute atomic E-state index is 0.0316. The first kappa shape index (κ1) is 20.3. The fourth-order valence-electron chi connectivity index (χ4n) is 3.16. The van der Waals surface area contributed by atoms with Crippen LogP contribution in [0.2, 0.25) is 0 Å². The number of rotatable bonds is 8. The topological polar surface area (TPSA) is 84.2 Å². The number of aliphatic carboxylic acids is 1. The van der Waals surface area contributed by atoms with E-state index in [0.29, 0.717) is 12.1 Å². The lowest BCUT2D eigenvalue weighted by Gasteiger charge is -2.19. The molecule has 3 aromatic rings. The van der Waals surface area contributed by atoms with Crippen LogP contribution in [-0.2, 0) is 21.5 Å². The monoisotopic (exact) mass is 391 g/mol. The van der Waals surface area contributed by atoms with Crippen LogP contribution in [0.1, 0.15) is 37.3 Å². The molecule has 150 valence electrons. The molecule has 1 unspecified atom stereocenters. The Morgan fingerprint density at radius 1 is 1.07 bits per heavy atom. The zero-order chi connectivity index (χ0) is 20.9. The van der Waals surface area contributed by atoms with E-state index in [4.69, 9.17) is 0 Å². The molecule has 1 amide bonds. The van der Waals surface area contributed by atoms with E-state index < -0.39 is 11.5 Å². The maximum Gasteiger partial charge on any atom is 0.331 e. The summed E-state index contributed by atoms with van der Waals surface area (Å²) >= 11 is 0. The van der Waals surface area contributed by atoms with Gasteiger partial charge in [0.25, 0.3) is 0 Å². The number of carboxylic acids is 1. The lowest BCUT2D eigenvalue weighted by molar-refractivity contribution is -0.146. The van der Waals surface area contributed by atoms with Crippen molar-refractivity contribution in [2.24, 2.45) is 0 Å². The van der Waals surface area contributed by atoms with Crippen molar-refractivity contribution in [1.29, 1.82) is 0 Å². The molecular weight excluding hydrogens is 366 g/mol. The molecule has 0 saturated heterocycles. The first-order valence-corrected chi connectivity index (χ1v) is 9.53. The Bertz CT molecular complexity index is 965. The number of hydrogen-bond acceptors (Lipinski definition) is 3. The molecule has 0 aliphatic heterocycles. The number of nitrogens with one attached hydrogen (secondary N) is 1. The number of carbonyl (C=O) groups excluding carboxylic acids is 1. The van der Waals surface area contributed by atoms with Crippen molar-refractivity contribution >= 4 is 17.6 Å². The van der Waals surface area contributed by atoms with E-state index in [1.807, 2.05) is 48.5 Å². The highest BCUT2D eigenvalue weighted by Crippen LogP contribution is 2.25. The van der Waals surface area contributed by atoms with Crippen LogP contribution in [-0.4, -0.2) is 26.8 Å². The number of nitrogens with zero attached hydrogens (tertiary/aromatic N) is 2. The van der Waals surface area contributed by atoms with Gasteiger partial charge in [-0.1, -0.05) is 60.7 Å². The second kappa shape index (κ2) is 8.73. The Hall–Kier alpha value is -3.41. The summed E-state index contributed by atoms with van der Waals surface area (Å²) in [4.78, 5) is 24.1. The quantitative estimate of drug-likeness (QED) is 0.606. The summed E-state index contributed by atoms with van der Waals surface area (Å²) in [7, 11) is 0. The molecule has 1 aromatic heterocycles. The third-order valence-corrected chi connectivity index (χ3v) is 4.99. The van der Waals surface area contributed by atoms with Gasteiger partial charge < -0.3 is 10.4 Å². The van der Waals surface area contributed by atoms with Crippen molar-refractivity contribution in [3.05, 3.63) is 84.2 Å². The SMILES string of the molecule is CC(C)(C(=O)O)n1cc(NC(=O)CC(Cc2ccccc2)c2ccccc2)cn1. The highest BCUT2D eigenvalue weighted by molar-refractivity contribution is 5.91.